The van der Waals surface area contributed by atoms with Gasteiger partial charge in [0, 0.05) is 9.26 Å². The first-order chi connectivity index (χ1) is 18.1. The lowest BCUT2D eigenvalue weighted by Gasteiger charge is -2.12. The number of methoxy groups -OCH3 is 1. The van der Waals surface area contributed by atoms with E-state index < -0.39 is 39.5 Å². The lowest BCUT2D eigenvalue weighted by atomic mass is 10.2. The van der Waals surface area contributed by atoms with Gasteiger partial charge in [-0.2, -0.15) is 8.42 Å². The largest absolute Gasteiger partial charge is 0.493 e. The van der Waals surface area contributed by atoms with Crippen LogP contribution in [0.2, 0.25) is 0 Å². The molecule has 1 aliphatic rings. The zero-order valence-corrected chi connectivity index (χ0v) is 23.3. The van der Waals surface area contributed by atoms with Crippen LogP contribution < -0.4 is 14.2 Å². The van der Waals surface area contributed by atoms with Crippen LogP contribution in [0.5, 0.6) is 11.5 Å². The third-order valence-corrected chi connectivity index (χ3v) is 7.97. The van der Waals surface area contributed by atoms with Gasteiger partial charge in [0.25, 0.3) is 11.1 Å². The number of carbonyl (C=O) groups is 3. The number of benzene rings is 3. The van der Waals surface area contributed by atoms with E-state index in [4.69, 9.17) is 8.92 Å². The Morgan fingerprint density at radius 1 is 1.05 bits per heavy atom. The number of hydrogen-bond donors (Lipinski definition) is 1. The van der Waals surface area contributed by atoms with E-state index in [1.54, 1.807) is 12.1 Å². The minimum absolute atomic E-state index is 0.0422. The van der Waals surface area contributed by atoms with Crippen LogP contribution in [0.3, 0.4) is 0 Å². The van der Waals surface area contributed by atoms with Gasteiger partial charge in [-0.1, -0.05) is 6.07 Å². The Balaban J connectivity index is 1.48. The van der Waals surface area contributed by atoms with Crippen LogP contribution in [0.25, 0.3) is 6.08 Å². The van der Waals surface area contributed by atoms with Crippen molar-refractivity contribution in [2.24, 2.45) is 0 Å². The van der Waals surface area contributed by atoms with Gasteiger partial charge in [0.15, 0.2) is 11.5 Å². The van der Waals surface area contributed by atoms with Crippen LogP contribution in [0.1, 0.15) is 5.56 Å². The Hall–Kier alpha value is -3.43. The number of hydrogen-bond acceptors (Lipinski definition) is 8. The Morgan fingerprint density at radius 2 is 1.74 bits per heavy atom. The van der Waals surface area contributed by atoms with Crippen LogP contribution in [0, 0.1) is 9.39 Å². The topological polar surface area (TPSA) is 119 Å². The van der Waals surface area contributed by atoms with Gasteiger partial charge in [-0.3, -0.25) is 19.3 Å². The number of halogens is 2. The lowest BCUT2D eigenvalue weighted by molar-refractivity contribution is -0.127. The maximum atomic E-state index is 13.1. The summed E-state index contributed by atoms with van der Waals surface area (Å²) in [7, 11) is -2.97. The predicted octanol–water partition coefficient (Wildman–Crippen LogP) is 4.88. The van der Waals surface area contributed by atoms with Crippen LogP contribution >= 0.6 is 34.4 Å². The van der Waals surface area contributed by atoms with Crippen molar-refractivity contribution in [2.45, 2.75) is 4.90 Å². The van der Waals surface area contributed by atoms with Crippen molar-refractivity contribution in [3.63, 3.8) is 0 Å². The molecular formula is C25H18FIN2O7S2. The Labute approximate surface area is 235 Å². The molecule has 0 saturated carbocycles. The molecule has 0 atom stereocenters. The Morgan fingerprint density at radius 3 is 2.39 bits per heavy atom. The van der Waals surface area contributed by atoms with E-state index in [0.717, 1.165) is 32.7 Å². The highest BCUT2D eigenvalue weighted by atomic mass is 127. The maximum Gasteiger partial charge on any atom is 0.339 e. The number of thioether (sulfide) groups is 1. The summed E-state index contributed by atoms with van der Waals surface area (Å²) in [5.41, 5.74) is 0.955. The highest BCUT2D eigenvalue weighted by molar-refractivity contribution is 14.1. The number of ether oxygens (including phenoxy) is 1. The molecule has 0 bridgehead atoms. The molecule has 13 heteroatoms. The second-order valence-corrected chi connectivity index (χ2v) is 11.5. The normalized spacial score (nSPS) is 14.6. The monoisotopic (exact) mass is 668 g/mol. The molecule has 1 heterocycles. The summed E-state index contributed by atoms with van der Waals surface area (Å²) in [4.78, 5) is 38.3. The zero-order valence-electron chi connectivity index (χ0n) is 19.5. The van der Waals surface area contributed by atoms with Gasteiger partial charge in [-0.05, 0) is 107 Å². The lowest BCUT2D eigenvalue weighted by Crippen LogP contribution is -2.36. The van der Waals surface area contributed by atoms with Crippen LogP contribution in [-0.4, -0.2) is 44.0 Å². The average molecular weight is 668 g/mol. The highest BCUT2D eigenvalue weighted by Gasteiger charge is 2.36. The van der Waals surface area contributed by atoms with Gasteiger partial charge in [-0.25, -0.2) is 4.39 Å². The summed E-state index contributed by atoms with van der Waals surface area (Å²) in [6, 6.07) is 15.4. The molecule has 9 nitrogen and oxygen atoms in total. The van der Waals surface area contributed by atoms with Crippen LogP contribution in [0.15, 0.2) is 76.5 Å². The van der Waals surface area contributed by atoms with E-state index in [9.17, 15) is 27.2 Å². The molecule has 1 aliphatic heterocycles. The number of carbonyl (C=O) groups excluding carboxylic acids is 3. The van der Waals surface area contributed by atoms with E-state index in [0.29, 0.717) is 23.0 Å². The first-order valence-corrected chi connectivity index (χ1v) is 14.0. The van der Waals surface area contributed by atoms with E-state index >= 15 is 0 Å². The number of rotatable bonds is 8. The first-order valence-electron chi connectivity index (χ1n) is 10.7. The zero-order chi connectivity index (χ0) is 27.4. The van der Waals surface area contributed by atoms with Crippen LogP contribution in [-0.2, 0) is 19.7 Å². The van der Waals surface area contributed by atoms with E-state index in [1.165, 1.54) is 31.4 Å². The second kappa shape index (κ2) is 11.5. The molecule has 196 valence electrons. The quantitative estimate of drug-likeness (QED) is 0.205. The van der Waals surface area contributed by atoms with Crippen molar-refractivity contribution in [3.8, 4) is 11.5 Å². The van der Waals surface area contributed by atoms with Crippen molar-refractivity contribution < 1.29 is 36.1 Å². The fraction of sp³-hybridized carbons (Fsp3) is 0.0800. The molecule has 38 heavy (non-hydrogen) atoms. The van der Waals surface area contributed by atoms with Crippen molar-refractivity contribution in [1.82, 2.24) is 4.90 Å². The van der Waals surface area contributed by atoms with Gasteiger partial charge in [0.2, 0.25) is 5.91 Å². The van der Waals surface area contributed by atoms with Crippen molar-refractivity contribution >= 4 is 73.3 Å². The van der Waals surface area contributed by atoms with Gasteiger partial charge < -0.3 is 14.2 Å². The third-order valence-electron chi connectivity index (χ3n) is 5.09. The molecule has 3 aromatic rings. The summed E-state index contributed by atoms with van der Waals surface area (Å²) in [5, 5.41) is 2.04. The predicted molar refractivity (Wildman–Crippen MR) is 148 cm³/mol. The number of amides is 3. The van der Waals surface area contributed by atoms with Crippen molar-refractivity contribution in [2.75, 3.05) is 19.0 Å². The van der Waals surface area contributed by atoms with Gasteiger partial charge >= 0.3 is 10.1 Å². The van der Waals surface area contributed by atoms with E-state index in [2.05, 4.69) is 27.9 Å². The molecular weight excluding hydrogens is 650 g/mol. The highest BCUT2D eigenvalue weighted by Crippen LogP contribution is 2.35. The molecule has 0 radical (unpaired) electrons. The van der Waals surface area contributed by atoms with Gasteiger partial charge in [-0.15, -0.1) is 0 Å². The number of anilines is 1. The molecule has 0 aromatic heterocycles. The van der Waals surface area contributed by atoms with Crippen molar-refractivity contribution in [1.29, 1.82) is 0 Å². The molecule has 0 aliphatic carbocycles. The maximum absolute atomic E-state index is 13.1. The molecule has 0 unspecified atom stereocenters. The summed E-state index contributed by atoms with van der Waals surface area (Å²) >= 11 is 2.80. The number of imide groups is 1. The van der Waals surface area contributed by atoms with Gasteiger partial charge in [0.05, 0.1) is 12.0 Å². The summed E-state index contributed by atoms with van der Waals surface area (Å²) < 4.78 is 49.6. The van der Waals surface area contributed by atoms with E-state index in [-0.39, 0.29) is 21.3 Å². The average Bonchev–Trinajstić information content (AvgIpc) is 3.13. The fourth-order valence-corrected chi connectivity index (χ4v) is 5.41. The standard InChI is InChI=1S/C25H18FIN2O7S2/c1-35-21-12-15(2-11-20(21)36-38(33,34)19-9-3-16(26)4-10-19)13-22-24(31)29(25(32)37-22)14-23(30)28-18-7-5-17(27)6-8-18/h2-13H,14H2,1H3,(H,28,30)/b22-13-. The first kappa shape index (κ1) is 27.6. The molecule has 1 N–H and O–H groups in total. The summed E-state index contributed by atoms with van der Waals surface area (Å²) in [5.74, 6) is -1.85. The molecule has 1 saturated heterocycles. The SMILES string of the molecule is COc1cc(/C=C2\SC(=O)N(CC(=O)Nc3ccc(I)cc3)C2=O)ccc1OS(=O)(=O)c1ccc(F)cc1. The Bertz CT molecular complexity index is 1540. The minimum Gasteiger partial charge on any atom is -0.493 e. The molecule has 1 fully saturated rings. The number of nitrogens with one attached hydrogen (secondary N) is 1. The van der Waals surface area contributed by atoms with Crippen LogP contribution in [0.4, 0.5) is 14.9 Å². The summed E-state index contributed by atoms with van der Waals surface area (Å²) in [6.45, 7) is -0.453. The molecule has 4 rings (SSSR count). The minimum atomic E-state index is -4.27. The number of nitrogens with zero attached hydrogens (tertiary/aromatic N) is 1. The Kier molecular flexibility index (Phi) is 8.38. The summed E-state index contributed by atoms with van der Waals surface area (Å²) in [6.07, 6.45) is 1.42. The second-order valence-electron chi connectivity index (χ2n) is 7.72. The van der Waals surface area contributed by atoms with Gasteiger partial charge in [0.1, 0.15) is 17.3 Å². The third kappa shape index (κ3) is 6.52. The molecule has 0 spiro atoms. The molecule has 3 aromatic carbocycles. The van der Waals surface area contributed by atoms with E-state index in [1.807, 2.05) is 12.1 Å². The smallest absolute Gasteiger partial charge is 0.339 e. The fourth-order valence-electron chi connectivity index (χ4n) is 3.28. The molecule has 3 amide bonds. The van der Waals surface area contributed by atoms with Crippen molar-refractivity contribution in [3.05, 3.63) is 86.6 Å².